The summed E-state index contributed by atoms with van der Waals surface area (Å²) < 4.78 is 0. The molecule has 0 bridgehead atoms. The molecule has 4 unspecified atom stereocenters. The zero-order valence-corrected chi connectivity index (χ0v) is 14.9. The van der Waals surface area contributed by atoms with E-state index >= 15 is 0 Å². The Hall–Kier alpha value is -0.300. The van der Waals surface area contributed by atoms with E-state index < -0.39 is 0 Å². The number of nitrogens with two attached hydrogens (primary N) is 1. The maximum atomic E-state index is 6.30. The normalized spacial score (nSPS) is 56.4. The molecule has 1 heteroatoms. The molecule has 7 atom stereocenters. The third-order valence-corrected chi connectivity index (χ3v) is 8.90. The summed E-state index contributed by atoms with van der Waals surface area (Å²) in [5.41, 5.74) is 9.25. The van der Waals surface area contributed by atoms with Gasteiger partial charge in [0.25, 0.3) is 0 Å². The van der Waals surface area contributed by atoms with Crippen molar-refractivity contribution < 1.29 is 0 Å². The number of hydrogen-bond acceptors (Lipinski definition) is 1. The minimum absolute atomic E-state index is 0.490. The van der Waals surface area contributed by atoms with Crippen molar-refractivity contribution in [2.45, 2.75) is 84.6 Å². The average Bonchev–Trinajstić information content (AvgIpc) is 2.84. The van der Waals surface area contributed by atoms with E-state index in [0.29, 0.717) is 16.9 Å². The Morgan fingerprint density at radius 3 is 2.59 bits per heavy atom. The second-order valence-corrected chi connectivity index (χ2v) is 9.50. The molecule has 4 rings (SSSR count). The van der Waals surface area contributed by atoms with Crippen LogP contribution in [0.4, 0.5) is 0 Å². The lowest BCUT2D eigenvalue weighted by Crippen LogP contribution is -2.54. The Morgan fingerprint density at radius 2 is 1.82 bits per heavy atom. The fraction of sp³-hybridized carbons (Fsp3) is 0.905. The molecular weight excluding hydrogens is 266 g/mol. The molecule has 4 saturated carbocycles. The van der Waals surface area contributed by atoms with Gasteiger partial charge in [0.2, 0.25) is 0 Å². The summed E-state index contributed by atoms with van der Waals surface area (Å²) in [6.45, 7) is 7.52. The molecule has 22 heavy (non-hydrogen) atoms. The van der Waals surface area contributed by atoms with Crippen molar-refractivity contribution in [1.29, 1.82) is 0 Å². The standard InChI is InChI=1S/C21H35N/c1-4-14-6-8-18-17-7-5-15-13-16(22)9-11-21(15,3)19(17)10-12-20(14,18)2/h4,15-19H,5-13,22H2,1-3H3/b14-4+/t15?,16-,17?,18?,19?,20-,21+/m1/s1. The molecule has 4 fully saturated rings. The van der Waals surface area contributed by atoms with Gasteiger partial charge >= 0.3 is 0 Å². The van der Waals surface area contributed by atoms with Gasteiger partial charge < -0.3 is 5.73 Å². The highest BCUT2D eigenvalue weighted by atomic mass is 14.7. The number of allylic oxidation sites excluding steroid dienone is 2. The van der Waals surface area contributed by atoms with Crippen LogP contribution in [0.2, 0.25) is 0 Å². The smallest absolute Gasteiger partial charge is 0.00418 e. The molecular formula is C21H35N. The number of rotatable bonds is 0. The van der Waals surface area contributed by atoms with Gasteiger partial charge in [-0.3, -0.25) is 0 Å². The Labute approximate surface area is 137 Å². The predicted octanol–water partition coefficient (Wildman–Crippen LogP) is 5.30. The van der Waals surface area contributed by atoms with Crippen molar-refractivity contribution in [2.24, 2.45) is 40.2 Å². The van der Waals surface area contributed by atoms with E-state index in [1.54, 1.807) is 5.57 Å². The molecule has 4 aliphatic carbocycles. The highest BCUT2D eigenvalue weighted by Crippen LogP contribution is 2.67. The molecule has 4 aliphatic rings. The Bertz CT molecular complexity index is 480. The van der Waals surface area contributed by atoms with Gasteiger partial charge in [0, 0.05) is 6.04 Å². The molecule has 124 valence electrons. The molecule has 0 aliphatic heterocycles. The van der Waals surface area contributed by atoms with Gasteiger partial charge in [-0.05, 0) is 99.2 Å². The maximum absolute atomic E-state index is 6.30. The van der Waals surface area contributed by atoms with Crippen LogP contribution in [0, 0.1) is 34.5 Å². The Morgan fingerprint density at radius 1 is 1.00 bits per heavy atom. The molecule has 0 spiro atoms. The van der Waals surface area contributed by atoms with Crippen LogP contribution in [0.5, 0.6) is 0 Å². The Kier molecular flexibility index (Phi) is 3.53. The monoisotopic (exact) mass is 301 g/mol. The Balaban J connectivity index is 1.63. The van der Waals surface area contributed by atoms with Gasteiger partial charge in [-0.1, -0.05) is 25.5 Å². The zero-order valence-electron chi connectivity index (χ0n) is 14.9. The van der Waals surface area contributed by atoms with E-state index in [1.807, 2.05) is 0 Å². The fourth-order valence-electron chi connectivity index (χ4n) is 7.61. The lowest BCUT2D eigenvalue weighted by molar-refractivity contribution is -0.0999. The summed E-state index contributed by atoms with van der Waals surface area (Å²) in [7, 11) is 0. The molecule has 0 amide bonds. The van der Waals surface area contributed by atoms with Crippen LogP contribution in [0.15, 0.2) is 11.6 Å². The van der Waals surface area contributed by atoms with Crippen LogP contribution in [0.1, 0.15) is 78.6 Å². The summed E-state index contributed by atoms with van der Waals surface area (Å²) >= 11 is 0. The van der Waals surface area contributed by atoms with Crippen LogP contribution >= 0.6 is 0 Å². The highest BCUT2D eigenvalue weighted by Gasteiger charge is 2.58. The minimum Gasteiger partial charge on any atom is -0.328 e. The summed E-state index contributed by atoms with van der Waals surface area (Å²) in [4.78, 5) is 0. The van der Waals surface area contributed by atoms with E-state index in [9.17, 15) is 0 Å². The molecule has 2 N–H and O–H groups in total. The van der Waals surface area contributed by atoms with Gasteiger partial charge in [0.1, 0.15) is 0 Å². The van der Waals surface area contributed by atoms with E-state index in [0.717, 1.165) is 23.7 Å². The molecule has 0 saturated heterocycles. The summed E-state index contributed by atoms with van der Waals surface area (Å²) in [6.07, 6.45) is 15.2. The zero-order chi connectivity index (χ0) is 15.5. The summed E-state index contributed by atoms with van der Waals surface area (Å²) in [5, 5.41) is 0. The fourth-order valence-corrected chi connectivity index (χ4v) is 7.61. The first-order chi connectivity index (χ1) is 10.5. The predicted molar refractivity (Wildman–Crippen MR) is 93.5 cm³/mol. The lowest BCUT2D eigenvalue weighted by atomic mass is 9.45. The molecule has 0 heterocycles. The molecule has 0 aromatic heterocycles. The van der Waals surface area contributed by atoms with Crippen LogP contribution in [-0.4, -0.2) is 6.04 Å². The third kappa shape index (κ3) is 1.93. The van der Waals surface area contributed by atoms with E-state index in [2.05, 4.69) is 26.8 Å². The quantitative estimate of drug-likeness (QED) is 0.603. The van der Waals surface area contributed by atoms with Crippen LogP contribution < -0.4 is 5.73 Å². The van der Waals surface area contributed by atoms with E-state index in [-0.39, 0.29) is 0 Å². The molecule has 0 radical (unpaired) electrons. The van der Waals surface area contributed by atoms with Gasteiger partial charge in [-0.2, -0.15) is 0 Å². The third-order valence-electron chi connectivity index (χ3n) is 8.90. The lowest BCUT2D eigenvalue weighted by Gasteiger charge is -2.60. The van der Waals surface area contributed by atoms with E-state index in [1.165, 1.54) is 57.8 Å². The van der Waals surface area contributed by atoms with Crippen molar-refractivity contribution in [2.75, 3.05) is 0 Å². The van der Waals surface area contributed by atoms with Crippen molar-refractivity contribution >= 4 is 0 Å². The maximum Gasteiger partial charge on any atom is 0.00418 e. The van der Waals surface area contributed by atoms with Crippen molar-refractivity contribution in [3.63, 3.8) is 0 Å². The molecule has 0 aromatic rings. The largest absolute Gasteiger partial charge is 0.328 e. The summed E-state index contributed by atoms with van der Waals surface area (Å²) in [5.74, 6) is 3.90. The first-order valence-electron chi connectivity index (χ1n) is 9.90. The SMILES string of the molecule is C/C=C1\CCC2C3CCC4C[C@H](N)CC[C@]4(C)C3CC[C@]12C. The van der Waals surface area contributed by atoms with E-state index in [4.69, 9.17) is 5.73 Å². The molecule has 0 aromatic carbocycles. The number of fused-ring (bicyclic) bond motifs is 5. The first kappa shape index (κ1) is 15.2. The van der Waals surface area contributed by atoms with Gasteiger partial charge in [0.15, 0.2) is 0 Å². The van der Waals surface area contributed by atoms with Crippen molar-refractivity contribution in [1.82, 2.24) is 0 Å². The van der Waals surface area contributed by atoms with Crippen LogP contribution in [0.25, 0.3) is 0 Å². The summed E-state index contributed by atoms with van der Waals surface area (Å²) in [6, 6.07) is 0.490. The number of hydrogen-bond donors (Lipinski definition) is 1. The first-order valence-corrected chi connectivity index (χ1v) is 9.90. The van der Waals surface area contributed by atoms with Crippen LogP contribution in [-0.2, 0) is 0 Å². The van der Waals surface area contributed by atoms with Gasteiger partial charge in [-0.25, -0.2) is 0 Å². The second-order valence-electron chi connectivity index (χ2n) is 9.50. The average molecular weight is 302 g/mol. The minimum atomic E-state index is 0.490. The topological polar surface area (TPSA) is 26.0 Å². The van der Waals surface area contributed by atoms with Crippen molar-refractivity contribution in [3.8, 4) is 0 Å². The van der Waals surface area contributed by atoms with Gasteiger partial charge in [0.05, 0.1) is 0 Å². The highest BCUT2D eigenvalue weighted by molar-refractivity contribution is 5.23. The van der Waals surface area contributed by atoms with Gasteiger partial charge in [-0.15, -0.1) is 0 Å². The second kappa shape index (κ2) is 5.10. The van der Waals surface area contributed by atoms with Crippen LogP contribution in [0.3, 0.4) is 0 Å². The van der Waals surface area contributed by atoms with Crippen molar-refractivity contribution in [3.05, 3.63) is 11.6 Å². The molecule has 1 nitrogen and oxygen atoms in total.